The van der Waals surface area contributed by atoms with E-state index in [1.807, 2.05) is 42.8 Å². The zero-order chi connectivity index (χ0) is 15.5. The summed E-state index contributed by atoms with van der Waals surface area (Å²) in [6.07, 6.45) is 0.280. The highest BCUT2D eigenvalue weighted by Gasteiger charge is 2.12. The molecule has 0 bridgehead atoms. The smallest absolute Gasteiger partial charge is 0.322 e. The summed E-state index contributed by atoms with van der Waals surface area (Å²) in [7, 11) is 0. The second-order valence-electron chi connectivity index (χ2n) is 5.08. The van der Waals surface area contributed by atoms with Gasteiger partial charge >= 0.3 is 6.01 Å². The van der Waals surface area contributed by atoms with Crippen molar-refractivity contribution >= 4 is 23.3 Å². The lowest BCUT2D eigenvalue weighted by atomic mass is 10.0. The normalized spacial score (nSPS) is 10.6. The van der Waals surface area contributed by atoms with E-state index in [4.69, 9.17) is 4.42 Å². The van der Waals surface area contributed by atoms with Crippen LogP contribution in [-0.4, -0.2) is 16.1 Å². The lowest BCUT2D eigenvalue weighted by Crippen LogP contribution is -2.15. The second-order valence-corrected chi connectivity index (χ2v) is 5.86. The van der Waals surface area contributed by atoms with Crippen LogP contribution in [0.25, 0.3) is 11.5 Å². The third-order valence-electron chi connectivity index (χ3n) is 3.29. The van der Waals surface area contributed by atoms with Gasteiger partial charge in [-0.2, -0.15) is 11.3 Å². The molecular weight excluding hydrogens is 298 g/mol. The summed E-state index contributed by atoms with van der Waals surface area (Å²) in [6, 6.07) is 8.03. The number of carbonyl (C=O) groups is 1. The first kappa shape index (κ1) is 14.5. The van der Waals surface area contributed by atoms with E-state index < -0.39 is 0 Å². The number of nitrogens with zero attached hydrogens (tertiary/aromatic N) is 2. The highest BCUT2D eigenvalue weighted by Crippen LogP contribution is 2.22. The molecule has 22 heavy (non-hydrogen) atoms. The first-order valence-electron chi connectivity index (χ1n) is 6.84. The first-order valence-corrected chi connectivity index (χ1v) is 7.78. The zero-order valence-corrected chi connectivity index (χ0v) is 13.1. The van der Waals surface area contributed by atoms with Gasteiger partial charge in [0, 0.05) is 10.9 Å². The Balaban J connectivity index is 1.67. The fourth-order valence-electron chi connectivity index (χ4n) is 2.16. The molecule has 1 aromatic carbocycles. The fourth-order valence-corrected chi connectivity index (χ4v) is 2.79. The second kappa shape index (κ2) is 6.11. The number of hydrogen-bond donors (Lipinski definition) is 1. The summed E-state index contributed by atoms with van der Waals surface area (Å²) >= 11 is 1.55. The van der Waals surface area contributed by atoms with Gasteiger partial charge in [0.15, 0.2) is 0 Å². The Labute approximate surface area is 132 Å². The van der Waals surface area contributed by atoms with Crippen LogP contribution in [0.1, 0.15) is 16.7 Å². The summed E-state index contributed by atoms with van der Waals surface area (Å²) < 4.78 is 5.44. The van der Waals surface area contributed by atoms with Crippen LogP contribution in [-0.2, 0) is 11.2 Å². The molecule has 112 valence electrons. The number of nitrogens with one attached hydrogen (secondary N) is 1. The number of hydrogen-bond acceptors (Lipinski definition) is 5. The maximum atomic E-state index is 12.1. The van der Waals surface area contributed by atoms with Crippen LogP contribution in [0.2, 0.25) is 0 Å². The minimum atomic E-state index is -0.174. The van der Waals surface area contributed by atoms with Crippen molar-refractivity contribution in [2.45, 2.75) is 20.3 Å². The molecule has 0 fully saturated rings. The maximum absolute atomic E-state index is 12.1. The predicted octanol–water partition coefficient (Wildman–Crippen LogP) is 3.60. The van der Waals surface area contributed by atoms with Crippen LogP contribution in [0.4, 0.5) is 6.01 Å². The number of anilines is 1. The minimum absolute atomic E-state index is 0.121. The van der Waals surface area contributed by atoms with Crippen molar-refractivity contribution in [3.63, 3.8) is 0 Å². The molecule has 0 saturated carbocycles. The number of benzene rings is 1. The van der Waals surface area contributed by atoms with Gasteiger partial charge in [-0.3, -0.25) is 10.1 Å². The van der Waals surface area contributed by atoms with Crippen LogP contribution in [0.5, 0.6) is 0 Å². The standard InChI is InChI=1S/C16H15N3O2S/c1-10-3-4-12(11(2)7-10)8-14(20)17-16-19-18-15(21-16)13-5-6-22-9-13/h3-7,9H,8H2,1-2H3,(H,17,19,20). The Morgan fingerprint density at radius 2 is 2.14 bits per heavy atom. The number of thiophene rings is 1. The number of carbonyl (C=O) groups excluding carboxylic acids is 1. The number of aromatic nitrogens is 2. The Hall–Kier alpha value is -2.47. The number of amides is 1. The lowest BCUT2D eigenvalue weighted by Gasteiger charge is -2.06. The van der Waals surface area contributed by atoms with E-state index in [9.17, 15) is 4.79 Å². The molecule has 6 heteroatoms. The largest absolute Gasteiger partial charge is 0.403 e. The molecule has 2 heterocycles. The van der Waals surface area contributed by atoms with Gasteiger partial charge in [0.25, 0.3) is 5.89 Å². The summed E-state index contributed by atoms with van der Waals surface area (Å²) in [5, 5.41) is 14.2. The fraction of sp³-hybridized carbons (Fsp3) is 0.188. The highest BCUT2D eigenvalue weighted by molar-refractivity contribution is 7.08. The number of rotatable bonds is 4. The average molecular weight is 313 g/mol. The summed E-state index contributed by atoms with van der Waals surface area (Å²) in [6.45, 7) is 4.03. The molecule has 3 rings (SSSR count). The van der Waals surface area contributed by atoms with Gasteiger partial charge in [0.1, 0.15) is 0 Å². The molecular formula is C16H15N3O2S. The molecule has 0 aliphatic heterocycles. The van der Waals surface area contributed by atoms with E-state index in [0.29, 0.717) is 5.89 Å². The molecule has 5 nitrogen and oxygen atoms in total. The van der Waals surface area contributed by atoms with Crippen LogP contribution in [0.15, 0.2) is 39.4 Å². The number of aryl methyl sites for hydroxylation is 2. The SMILES string of the molecule is Cc1ccc(CC(=O)Nc2nnc(-c3ccsc3)o2)c(C)c1. The third kappa shape index (κ3) is 3.23. The minimum Gasteiger partial charge on any atom is -0.403 e. The molecule has 0 radical (unpaired) electrons. The molecule has 3 aromatic rings. The third-order valence-corrected chi connectivity index (χ3v) is 3.97. The van der Waals surface area contributed by atoms with E-state index in [1.165, 1.54) is 5.56 Å². The van der Waals surface area contributed by atoms with E-state index in [0.717, 1.165) is 16.7 Å². The van der Waals surface area contributed by atoms with Crippen molar-refractivity contribution in [3.05, 3.63) is 51.7 Å². The first-order chi connectivity index (χ1) is 10.6. The van der Waals surface area contributed by atoms with E-state index in [2.05, 4.69) is 21.6 Å². The molecule has 0 aliphatic rings. The molecule has 2 aromatic heterocycles. The zero-order valence-electron chi connectivity index (χ0n) is 12.3. The summed E-state index contributed by atoms with van der Waals surface area (Å²) in [5.74, 6) is 0.232. The molecule has 1 N–H and O–H groups in total. The lowest BCUT2D eigenvalue weighted by molar-refractivity contribution is -0.115. The predicted molar refractivity (Wildman–Crippen MR) is 85.9 cm³/mol. The van der Waals surface area contributed by atoms with E-state index >= 15 is 0 Å². The Morgan fingerprint density at radius 3 is 2.86 bits per heavy atom. The van der Waals surface area contributed by atoms with Gasteiger partial charge in [0.05, 0.1) is 6.42 Å². The molecule has 1 amide bonds. The molecule has 0 aliphatic carbocycles. The van der Waals surface area contributed by atoms with E-state index in [1.54, 1.807) is 11.3 Å². The van der Waals surface area contributed by atoms with Gasteiger partial charge in [-0.05, 0) is 36.4 Å². The highest BCUT2D eigenvalue weighted by atomic mass is 32.1. The van der Waals surface area contributed by atoms with Crippen LogP contribution < -0.4 is 5.32 Å². The summed E-state index contributed by atoms with van der Waals surface area (Å²) in [5.41, 5.74) is 4.12. The van der Waals surface area contributed by atoms with Crippen molar-refractivity contribution in [2.24, 2.45) is 0 Å². The van der Waals surface area contributed by atoms with Crippen molar-refractivity contribution in [1.82, 2.24) is 10.2 Å². The van der Waals surface area contributed by atoms with Gasteiger partial charge in [-0.25, -0.2) is 0 Å². The average Bonchev–Trinajstić information content (AvgIpc) is 3.12. The van der Waals surface area contributed by atoms with Gasteiger partial charge in [0.2, 0.25) is 5.91 Å². The Kier molecular flexibility index (Phi) is 4.02. The van der Waals surface area contributed by atoms with Crippen LogP contribution in [0.3, 0.4) is 0 Å². The van der Waals surface area contributed by atoms with Crippen LogP contribution in [0, 0.1) is 13.8 Å². The molecule has 0 atom stereocenters. The summed E-state index contributed by atoms with van der Waals surface area (Å²) in [4.78, 5) is 12.1. The topological polar surface area (TPSA) is 68.0 Å². The Bertz CT molecular complexity index is 794. The monoisotopic (exact) mass is 313 g/mol. The van der Waals surface area contributed by atoms with Crippen molar-refractivity contribution in [2.75, 3.05) is 5.32 Å². The van der Waals surface area contributed by atoms with Crippen LogP contribution >= 0.6 is 11.3 Å². The van der Waals surface area contributed by atoms with Gasteiger partial charge in [-0.15, -0.1) is 5.10 Å². The van der Waals surface area contributed by atoms with Crippen molar-refractivity contribution in [3.8, 4) is 11.5 Å². The van der Waals surface area contributed by atoms with E-state index in [-0.39, 0.29) is 18.3 Å². The molecule has 0 saturated heterocycles. The van der Waals surface area contributed by atoms with Gasteiger partial charge < -0.3 is 4.42 Å². The van der Waals surface area contributed by atoms with Gasteiger partial charge in [-0.1, -0.05) is 28.9 Å². The molecule has 0 spiro atoms. The van der Waals surface area contributed by atoms with Crippen molar-refractivity contribution in [1.29, 1.82) is 0 Å². The Morgan fingerprint density at radius 1 is 1.27 bits per heavy atom. The molecule has 0 unspecified atom stereocenters. The maximum Gasteiger partial charge on any atom is 0.322 e. The van der Waals surface area contributed by atoms with Crippen molar-refractivity contribution < 1.29 is 9.21 Å². The quantitative estimate of drug-likeness (QED) is 0.799.